The second-order valence-corrected chi connectivity index (χ2v) is 6.90. The molecule has 1 saturated carbocycles. The zero-order valence-corrected chi connectivity index (χ0v) is 13.0. The summed E-state index contributed by atoms with van der Waals surface area (Å²) in [5, 5.41) is 0. The molecule has 2 heterocycles. The third kappa shape index (κ3) is 3.95. The summed E-state index contributed by atoms with van der Waals surface area (Å²) in [6, 6.07) is 0.208. The van der Waals surface area contributed by atoms with E-state index in [1.165, 1.54) is 0 Å². The van der Waals surface area contributed by atoms with Crippen molar-refractivity contribution in [2.45, 2.75) is 69.4 Å². The van der Waals surface area contributed by atoms with Crippen molar-refractivity contribution in [2.75, 3.05) is 26.3 Å². The number of hydrogen-bond acceptors (Lipinski definition) is 3. The minimum absolute atomic E-state index is 0.0165. The molecule has 3 rings (SSSR count). The van der Waals surface area contributed by atoms with Crippen molar-refractivity contribution in [1.29, 1.82) is 0 Å². The van der Waals surface area contributed by atoms with Crippen molar-refractivity contribution < 1.29 is 22.6 Å². The fourth-order valence-corrected chi connectivity index (χ4v) is 4.14. The van der Waals surface area contributed by atoms with Gasteiger partial charge in [-0.2, -0.15) is 13.2 Å². The van der Waals surface area contributed by atoms with E-state index in [2.05, 4.69) is 0 Å². The highest BCUT2D eigenvalue weighted by Crippen LogP contribution is 2.36. The molecule has 3 nitrogen and oxygen atoms in total. The molecule has 6 heteroatoms. The molecule has 0 amide bonds. The van der Waals surface area contributed by atoms with Crippen molar-refractivity contribution in [3.63, 3.8) is 0 Å². The van der Waals surface area contributed by atoms with E-state index in [1.54, 1.807) is 0 Å². The van der Waals surface area contributed by atoms with Crippen LogP contribution in [0.4, 0.5) is 13.2 Å². The lowest BCUT2D eigenvalue weighted by Gasteiger charge is -2.44. The highest BCUT2D eigenvalue weighted by molar-refractivity contribution is 4.90. The zero-order chi connectivity index (χ0) is 15.6. The first-order valence-electron chi connectivity index (χ1n) is 8.58. The van der Waals surface area contributed by atoms with Crippen molar-refractivity contribution in [2.24, 2.45) is 5.92 Å². The maximum atomic E-state index is 13.2. The van der Waals surface area contributed by atoms with E-state index in [9.17, 15) is 13.2 Å². The average Bonchev–Trinajstić information content (AvgIpc) is 2.88. The maximum absolute atomic E-state index is 13.2. The molecule has 128 valence electrons. The van der Waals surface area contributed by atoms with Gasteiger partial charge in [0.1, 0.15) is 0 Å². The van der Waals surface area contributed by atoms with E-state index in [1.807, 2.05) is 4.90 Å². The Bertz CT molecular complexity index is 350. The maximum Gasteiger partial charge on any atom is 0.415 e. The van der Waals surface area contributed by atoms with Crippen LogP contribution in [-0.4, -0.2) is 55.6 Å². The monoisotopic (exact) mass is 321 g/mol. The first kappa shape index (κ1) is 16.5. The summed E-state index contributed by atoms with van der Waals surface area (Å²) in [7, 11) is 0. The van der Waals surface area contributed by atoms with Crippen LogP contribution in [-0.2, 0) is 9.47 Å². The zero-order valence-electron chi connectivity index (χ0n) is 13.0. The molecule has 3 fully saturated rings. The minimum atomic E-state index is -4.27. The largest absolute Gasteiger partial charge is 0.415 e. The summed E-state index contributed by atoms with van der Waals surface area (Å²) in [5.74, 6) is 0.301. The summed E-state index contributed by atoms with van der Waals surface area (Å²) in [6.45, 7) is 2.03. The molecule has 0 radical (unpaired) electrons. The normalized spacial score (nSPS) is 36.4. The van der Waals surface area contributed by atoms with Gasteiger partial charge in [0, 0.05) is 32.3 Å². The molecule has 0 aromatic carbocycles. The van der Waals surface area contributed by atoms with Crippen LogP contribution in [0.5, 0.6) is 0 Å². The van der Waals surface area contributed by atoms with Gasteiger partial charge < -0.3 is 9.47 Å². The van der Waals surface area contributed by atoms with Crippen LogP contribution in [0, 0.1) is 5.92 Å². The minimum Gasteiger partial charge on any atom is -0.381 e. The molecule has 1 aliphatic carbocycles. The third-order valence-electron chi connectivity index (χ3n) is 5.38. The lowest BCUT2D eigenvalue weighted by atomic mass is 9.96. The second kappa shape index (κ2) is 7.05. The molecule has 2 saturated heterocycles. The SMILES string of the molecule is FC(F)(F)C1CN(C2CCCOCC2)CC(C2CCCC2)O1. The lowest BCUT2D eigenvalue weighted by molar-refractivity contribution is -0.262. The van der Waals surface area contributed by atoms with Gasteiger partial charge in [0.2, 0.25) is 0 Å². The Labute approximate surface area is 130 Å². The molecule has 3 unspecified atom stereocenters. The quantitative estimate of drug-likeness (QED) is 0.778. The summed E-state index contributed by atoms with van der Waals surface area (Å²) in [5.41, 5.74) is 0. The van der Waals surface area contributed by atoms with Crippen LogP contribution in [0.15, 0.2) is 0 Å². The van der Waals surface area contributed by atoms with Gasteiger partial charge in [-0.25, -0.2) is 0 Å². The van der Waals surface area contributed by atoms with Crippen molar-refractivity contribution >= 4 is 0 Å². The number of nitrogens with zero attached hydrogens (tertiary/aromatic N) is 1. The summed E-state index contributed by atoms with van der Waals surface area (Å²) in [6.07, 6.45) is 0.820. The molecule has 0 N–H and O–H groups in total. The molecule has 2 aliphatic heterocycles. The Kier molecular flexibility index (Phi) is 5.30. The molecule has 3 atom stereocenters. The van der Waals surface area contributed by atoms with Crippen LogP contribution in [0.1, 0.15) is 44.9 Å². The van der Waals surface area contributed by atoms with E-state index >= 15 is 0 Å². The Morgan fingerprint density at radius 1 is 0.864 bits per heavy atom. The van der Waals surface area contributed by atoms with Gasteiger partial charge in [0.25, 0.3) is 0 Å². The van der Waals surface area contributed by atoms with Crippen molar-refractivity contribution in [3.8, 4) is 0 Å². The van der Waals surface area contributed by atoms with E-state index in [0.29, 0.717) is 19.1 Å². The summed E-state index contributed by atoms with van der Waals surface area (Å²) >= 11 is 0. The van der Waals surface area contributed by atoms with E-state index in [0.717, 1.165) is 51.6 Å². The molecule has 0 aromatic heterocycles. The van der Waals surface area contributed by atoms with Crippen molar-refractivity contribution in [3.05, 3.63) is 0 Å². The second-order valence-electron chi connectivity index (χ2n) is 6.90. The molecule has 0 spiro atoms. The summed E-state index contributed by atoms with van der Waals surface area (Å²) < 4.78 is 50.7. The lowest BCUT2D eigenvalue weighted by Crippen LogP contribution is -2.57. The molecule has 0 bridgehead atoms. The number of ether oxygens (including phenoxy) is 2. The van der Waals surface area contributed by atoms with Gasteiger partial charge in [0.05, 0.1) is 6.10 Å². The van der Waals surface area contributed by atoms with Gasteiger partial charge >= 0.3 is 6.18 Å². The fourth-order valence-electron chi connectivity index (χ4n) is 4.14. The number of rotatable bonds is 2. The average molecular weight is 321 g/mol. The number of morpholine rings is 1. The molecule has 0 aromatic rings. The Hall–Kier alpha value is -0.330. The standard InChI is InChI=1S/C16H26F3NO2/c17-16(18,19)15-11-20(13-6-3-8-21-9-7-13)10-14(22-15)12-4-1-2-5-12/h12-15H,1-11H2. The Morgan fingerprint density at radius 3 is 2.36 bits per heavy atom. The fraction of sp³-hybridized carbons (Fsp3) is 1.00. The third-order valence-corrected chi connectivity index (χ3v) is 5.38. The van der Waals surface area contributed by atoms with Gasteiger partial charge in [-0.05, 0) is 38.0 Å². The van der Waals surface area contributed by atoms with Gasteiger partial charge in [0.15, 0.2) is 6.10 Å². The van der Waals surface area contributed by atoms with Gasteiger partial charge in [-0.15, -0.1) is 0 Å². The molecule has 22 heavy (non-hydrogen) atoms. The van der Waals surface area contributed by atoms with Crippen LogP contribution in [0.2, 0.25) is 0 Å². The van der Waals surface area contributed by atoms with Crippen LogP contribution in [0.25, 0.3) is 0 Å². The van der Waals surface area contributed by atoms with E-state index in [4.69, 9.17) is 9.47 Å². The number of alkyl halides is 3. The summed E-state index contributed by atoms with van der Waals surface area (Å²) in [4.78, 5) is 2.04. The first-order chi connectivity index (χ1) is 10.5. The van der Waals surface area contributed by atoms with Crippen LogP contribution >= 0.6 is 0 Å². The Morgan fingerprint density at radius 2 is 1.64 bits per heavy atom. The van der Waals surface area contributed by atoms with Crippen molar-refractivity contribution in [1.82, 2.24) is 4.90 Å². The Balaban J connectivity index is 1.70. The van der Waals surface area contributed by atoms with E-state index < -0.39 is 12.3 Å². The number of halogens is 3. The molecular formula is C16H26F3NO2. The molecule has 3 aliphatic rings. The highest BCUT2D eigenvalue weighted by Gasteiger charge is 2.48. The first-order valence-corrected chi connectivity index (χ1v) is 8.58. The topological polar surface area (TPSA) is 21.7 Å². The van der Waals surface area contributed by atoms with Crippen LogP contribution < -0.4 is 0 Å². The smallest absolute Gasteiger partial charge is 0.381 e. The molecular weight excluding hydrogens is 295 g/mol. The highest BCUT2D eigenvalue weighted by atomic mass is 19.4. The number of hydrogen-bond donors (Lipinski definition) is 0. The van der Waals surface area contributed by atoms with Gasteiger partial charge in [-0.3, -0.25) is 4.90 Å². The predicted molar refractivity (Wildman–Crippen MR) is 76.7 cm³/mol. The van der Waals surface area contributed by atoms with Gasteiger partial charge in [-0.1, -0.05) is 12.8 Å². The van der Waals surface area contributed by atoms with E-state index in [-0.39, 0.29) is 18.7 Å². The van der Waals surface area contributed by atoms with Crippen LogP contribution in [0.3, 0.4) is 0 Å². The predicted octanol–water partition coefficient (Wildman–Crippen LogP) is 3.38.